The molecule has 0 unspecified atom stereocenters. The molecule has 0 bridgehead atoms. The Morgan fingerprint density at radius 2 is 2.00 bits per heavy atom. The summed E-state index contributed by atoms with van der Waals surface area (Å²) >= 11 is 5.92. The second-order valence-electron chi connectivity index (χ2n) is 4.53. The van der Waals surface area contributed by atoms with E-state index in [1.807, 2.05) is 18.2 Å². The van der Waals surface area contributed by atoms with Crippen molar-refractivity contribution < 1.29 is 14.3 Å². The van der Waals surface area contributed by atoms with Gasteiger partial charge in [0.1, 0.15) is 18.0 Å². The molecule has 2 aromatic rings. The predicted molar refractivity (Wildman–Crippen MR) is 80.9 cm³/mol. The Hall–Kier alpha value is -2.33. The highest BCUT2D eigenvalue weighted by atomic mass is 35.5. The third-order valence-electron chi connectivity index (χ3n) is 3.18. The molecular formula is C16H12ClNO3. The minimum Gasteiger partial charge on any atom is -0.485 e. The number of nitrogens with zero attached hydrogens (tertiary/aromatic N) is 1. The molecule has 5 heteroatoms. The van der Waals surface area contributed by atoms with Gasteiger partial charge in [0.2, 0.25) is 0 Å². The van der Waals surface area contributed by atoms with E-state index in [1.54, 1.807) is 24.3 Å². The number of methoxy groups -OCH3 is 1. The maximum absolute atomic E-state index is 11.4. The summed E-state index contributed by atoms with van der Waals surface area (Å²) in [6.07, 6.45) is 0. The number of carbonyl (C=O) groups is 1. The standard InChI is InChI=1S/C16H12ClNO3/c1-20-16(19)11-4-2-10(3-5-11)14-9-21-15-8-12(17)6-7-13(15)18-14/h2-8H,9H2,1H3. The van der Waals surface area contributed by atoms with Crippen LogP contribution in [0.2, 0.25) is 5.02 Å². The fourth-order valence-corrected chi connectivity index (χ4v) is 2.25. The van der Waals surface area contributed by atoms with Crippen molar-refractivity contribution in [2.24, 2.45) is 4.99 Å². The van der Waals surface area contributed by atoms with Gasteiger partial charge in [0.25, 0.3) is 0 Å². The molecule has 2 aromatic carbocycles. The number of hydrogen-bond acceptors (Lipinski definition) is 4. The van der Waals surface area contributed by atoms with E-state index < -0.39 is 0 Å². The van der Waals surface area contributed by atoms with Gasteiger partial charge in [0, 0.05) is 11.1 Å². The number of carbonyl (C=O) groups excluding carboxylic acids is 1. The van der Waals surface area contributed by atoms with Gasteiger partial charge >= 0.3 is 5.97 Å². The minimum absolute atomic E-state index is 0.358. The van der Waals surface area contributed by atoms with Crippen LogP contribution in [-0.2, 0) is 4.74 Å². The first kappa shape index (κ1) is 13.6. The number of rotatable bonds is 2. The van der Waals surface area contributed by atoms with Crippen molar-refractivity contribution in [3.05, 3.63) is 58.6 Å². The summed E-state index contributed by atoms with van der Waals surface area (Å²) in [6, 6.07) is 12.4. The lowest BCUT2D eigenvalue weighted by molar-refractivity contribution is 0.0600. The van der Waals surface area contributed by atoms with E-state index in [-0.39, 0.29) is 5.97 Å². The highest BCUT2D eigenvalue weighted by Gasteiger charge is 2.15. The van der Waals surface area contributed by atoms with Gasteiger partial charge in [-0.1, -0.05) is 23.7 Å². The molecular weight excluding hydrogens is 290 g/mol. The molecule has 21 heavy (non-hydrogen) atoms. The number of benzene rings is 2. The molecule has 0 amide bonds. The Bertz CT molecular complexity index is 723. The molecule has 0 saturated carbocycles. The second-order valence-corrected chi connectivity index (χ2v) is 4.96. The lowest BCUT2D eigenvalue weighted by Gasteiger charge is -2.17. The zero-order valence-corrected chi connectivity index (χ0v) is 12.1. The highest BCUT2D eigenvalue weighted by molar-refractivity contribution is 6.30. The zero-order valence-electron chi connectivity index (χ0n) is 11.3. The Balaban J connectivity index is 1.91. The Morgan fingerprint density at radius 3 is 2.71 bits per heavy atom. The van der Waals surface area contributed by atoms with Crippen molar-refractivity contribution in [2.75, 3.05) is 13.7 Å². The predicted octanol–water partition coefficient (Wildman–Crippen LogP) is 3.64. The first-order valence-electron chi connectivity index (χ1n) is 6.36. The van der Waals surface area contributed by atoms with Crippen LogP contribution in [-0.4, -0.2) is 25.4 Å². The van der Waals surface area contributed by atoms with Gasteiger partial charge in [-0.05, 0) is 29.8 Å². The van der Waals surface area contributed by atoms with Crippen LogP contribution in [0.15, 0.2) is 47.5 Å². The Labute approximate surface area is 127 Å². The number of aliphatic imine (C=N–C) groups is 1. The summed E-state index contributed by atoms with van der Waals surface area (Å²) in [5, 5.41) is 0.620. The number of fused-ring (bicyclic) bond motifs is 1. The summed E-state index contributed by atoms with van der Waals surface area (Å²) in [4.78, 5) is 16.0. The van der Waals surface area contributed by atoms with Crippen molar-refractivity contribution in [1.29, 1.82) is 0 Å². The summed E-state index contributed by atoms with van der Waals surface area (Å²) in [7, 11) is 1.36. The van der Waals surface area contributed by atoms with Gasteiger partial charge < -0.3 is 9.47 Å². The lowest BCUT2D eigenvalue weighted by Crippen LogP contribution is -2.16. The SMILES string of the molecule is COC(=O)c1ccc(C2=Nc3ccc(Cl)cc3OC2)cc1. The van der Waals surface area contributed by atoms with Crippen LogP contribution >= 0.6 is 11.6 Å². The molecule has 1 aliphatic rings. The van der Waals surface area contributed by atoms with Gasteiger partial charge in [0.15, 0.2) is 0 Å². The summed E-state index contributed by atoms with van der Waals surface area (Å²) in [6.45, 7) is 0.366. The second kappa shape index (κ2) is 5.58. The van der Waals surface area contributed by atoms with Gasteiger partial charge in [-0.15, -0.1) is 0 Å². The van der Waals surface area contributed by atoms with Crippen LogP contribution in [0.1, 0.15) is 15.9 Å². The molecule has 0 saturated heterocycles. The number of esters is 1. The number of ether oxygens (including phenoxy) is 2. The highest BCUT2D eigenvalue weighted by Crippen LogP contribution is 2.33. The Kier molecular flexibility index (Phi) is 3.62. The molecule has 0 N–H and O–H groups in total. The number of halogens is 1. The Morgan fingerprint density at radius 1 is 1.24 bits per heavy atom. The van der Waals surface area contributed by atoms with Gasteiger partial charge in [0.05, 0.1) is 18.4 Å². The number of hydrogen-bond donors (Lipinski definition) is 0. The quantitative estimate of drug-likeness (QED) is 0.796. The van der Waals surface area contributed by atoms with E-state index in [0.29, 0.717) is 22.9 Å². The van der Waals surface area contributed by atoms with Crippen molar-refractivity contribution in [2.45, 2.75) is 0 Å². The molecule has 4 nitrogen and oxygen atoms in total. The van der Waals surface area contributed by atoms with E-state index in [0.717, 1.165) is 17.0 Å². The minimum atomic E-state index is -0.358. The van der Waals surface area contributed by atoms with Crippen molar-refractivity contribution in [3.8, 4) is 5.75 Å². The topological polar surface area (TPSA) is 47.9 Å². The monoisotopic (exact) mass is 301 g/mol. The normalized spacial score (nSPS) is 13.0. The van der Waals surface area contributed by atoms with Crippen LogP contribution in [0, 0.1) is 0 Å². The van der Waals surface area contributed by atoms with Crippen molar-refractivity contribution >= 4 is 29.0 Å². The molecule has 0 fully saturated rings. The molecule has 106 valence electrons. The van der Waals surface area contributed by atoms with Gasteiger partial charge in [-0.3, -0.25) is 0 Å². The largest absolute Gasteiger partial charge is 0.485 e. The van der Waals surface area contributed by atoms with Crippen LogP contribution in [0.4, 0.5) is 5.69 Å². The summed E-state index contributed by atoms with van der Waals surface area (Å²) in [5.74, 6) is 0.320. The molecule has 3 rings (SSSR count). The van der Waals surface area contributed by atoms with Crippen LogP contribution in [0.5, 0.6) is 5.75 Å². The molecule has 0 radical (unpaired) electrons. The fraction of sp³-hybridized carbons (Fsp3) is 0.125. The maximum Gasteiger partial charge on any atom is 0.337 e. The van der Waals surface area contributed by atoms with E-state index in [9.17, 15) is 4.79 Å². The zero-order chi connectivity index (χ0) is 14.8. The van der Waals surface area contributed by atoms with Crippen molar-refractivity contribution in [3.63, 3.8) is 0 Å². The molecule has 0 aliphatic carbocycles. The third-order valence-corrected chi connectivity index (χ3v) is 3.42. The maximum atomic E-state index is 11.4. The first-order valence-corrected chi connectivity index (χ1v) is 6.74. The molecule has 1 heterocycles. The smallest absolute Gasteiger partial charge is 0.337 e. The van der Waals surface area contributed by atoms with Gasteiger partial charge in [-0.2, -0.15) is 0 Å². The molecule has 1 aliphatic heterocycles. The van der Waals surface area contributed by atoms with E-state index in [1.165, 1.54) is 7.11 Å². The third kappa shape index (κ3) is 2.76. The average molecular weight is 302 g/mol. The van der Waals surface area contributed by atoms with E-state index in [4.69, 9.17) is 16.3 Å². The molecule has 0 spiro atoms. The van der Waals surface area contributed by atoms with Crippen LogP contribution < -0.4 is 4.74 Å². The molecule has 0 atom stereocenters. The van der Waals surface area contributed by atoms with E-state index >= 15 is 0 Å². The summed E-state index contributed by atoms with van der Waals surface area (Å²) < 4.78 is 10.3. The van der Waals surface area contributed by atoms with Crippen LogP contribution in [0.25, 0.3) is 0 Å². The van der Waals surface area contributed by atoms with E-state index in [2.05, 4.69) is 9.73 Å². The lowest BCUT2D eigenvalue weighted by atomic mass is 10.1. The fourth-order valence-electron chi connectivity index (χ4n) is 2.08. The summed E-state index contributed by atoms with van der Waals surface area (Å²) in [5.41, 5.74) is 2.97. The van der Waals surface area contributed by atoms with Crippen molar-refractivity contribution in [1.82, 2.24) is 0 Å². The average Bonchev–Trinajstić information content (AvgIpc) is 2.53. The van der Waals surface area contributed by atoms with Crippen LogP contribution in [0.3, 0.4) is 0 Å². The first-order chi connectivity index (χ1) is 10.2. The van der Waals surface area contributed by atoms with Gasteiger partial charge in [-0.25, -0.2) is 9.79 Å². The molecule has 0 aromatic heterocycles.